The number of hydrogen-bond donors (Lipinski definition) is 1. The molecule has 0 fully saturated rings. The second-order valence-electron chi connectivity index (χ2n) is 1.53. The van der Waals surface area contributed by atoms with Crippen LogP contribution in [0.1, 0.15) is 0 Å². The first kappa shape index (κ1) is 9.57. The number of amides is 1. The van der Waals surface area contributed by atoms with Gasteiger partial charge in [0, 0.05) is 21.3 Å². The van der Waals surface area contributed by atoms with Gasteiger partial charge in [0.25, 0.3) is 5.53 Å². The third-order valence-electron chi connectivity index (χ3n) is 1.11. The molecule has 2 N–H and O–H groups in total. The van der Waals surface area contributed by atoms with Crippen LogP contribution in [0.5, 0.6) is 0 Å². The lowest BCUT2D eigenvalue weighted by Crippen LogP contribution is -2.54. The first-order chi connectivity index (χ1) is 4.63. The lowest BCUT2D eigenvalue weighted by molar-refractivity contribution is 0.130. The molecule has 0 rings (SSSR count). The fraction of sp³-hybridized carbons (Fsp3) is 0.750. The monoisotopic (exact) mass is 165 g/mol. The molecule has 5 nitrogen and oxygen atoms in total. The van der Waals surface area contributed by atoms with E-state index in [1.807, 2.05) is 0 Å². The number of carbonyl (C=O) groups is 1. The van der Waals surface area contributed by atoms with E-state index in [1.165, 1.54) is 21.3 Å². The van der Waals surface area contributed by atoms with Crippen molar-refractivity contribution in [2.75, 3.05) is 21.3 Å². The number of primary amides is 1. The molecule has 0 aliphatic carbocycles. The van der Waals surface area contributed by atoms with Gasteiger partial charge < -0.3 is 19.0 Å². The van der Waals surface area contributed by atoms with Crippen LogP contribution in [-0.2, 0) is 13.3 Å². The Kier molecular flexibility index (Phi) is 3.51. The van der Waals surface area contributed by atoms with E-state index >= 15 is 0 Å². The van der Waals surface area contributed by atoms with Gasteiger partial charge in [-0.3, -0.25) is 4.79 Å². The standard InChI is InChI=1S/C4H11NO4Si/c1-7-10(8-2,9-3)4(5)6/h1-3H3,(H2,5,6). The molecule has 0 saturated heterocycles. The summed E-state index contributed by atoms with van der Waals surface area (Å²) in [6.07, 6.45) is 0. The molecule has 0 radical (unpaired) electrons. The normalized spacial score (nSPS) is 11.5. The highest BCUT2D eigenvalue weighted by Crippen LogP contribution is 2.04. The maximum Gasteiger partial charge on any atom is 0.596 e. The largest absolute Gasteiger partial charge is 0.596 e. The lowest BCUT2D eigenvalue weighted by Gasteiger charge is -2.19. The van der Waals surface area contributed by atoms with Gasteiger partial charge in [-0.2, -0.15) is 0 Å². The number of carbonyl (C=O) groups excluding carboxylic acids is 1. The summed E-state index contributed by atoms with van der Waals surface area (Å²) < 4.78 is 14.2. The van der Waals surface area contributed by atoms with Crippen molar-refractivity contribution in [2.45, 2.75) is 0 Å². The minimum absolute atomic E-state index is 0.681. The van der Waals surface area contributed by atoms with Gasteiger partial charge in [-0.05, 0) is 0 Å². The number of nitrogens with two attached hydrogens (primary N) is 1. The average molecular weight is 165 g/mol. The van der Waals surface area contributed by atoms with Crippen LogP contribution in [0.25, 0.3) is 0 Å². The van der Waals surface area contributed by atoms with Gasteiger partial charge in [-0.25, -0.2) is 0 Å². The second-order valence-corrected chi connectivity index (χ2v) is 4.36. The third kappa shape index (κ3) is 1.54. The smallest absolute Gasteiger partial charge is 0.371 e. The summed E-state index contributed by atoms with van der Waals surface area (Å²) >= 11 is 0. The topological polar surface area (TPSA) is 70.8 Å². The molecule has 0 heterocycles. The van der Waals surface area contributed by atoms with Crippen LogP contribution >= 0.6 is 0 Å². The SMILES string of the molecule is CO[Si](OC)(OC)C(N)=O. The summed E-state index contributed by atoms with van der Waals surface area (Å²) in [7, 11) is 0.814. The van der Waals surface area contributed by atoms with E-state index in [0.29, 0.717) is 0 Å². The molecule has 1 amide bonds. The van der Waals surface area contributed by atoms with Crippen LogP contribution in [0.2, 0.25) is 0 Å². The number of rotatable bonds is 4. The zero-order chi connectivity index (χ0) is 8.20. The summed E-state index contributed by atoms with van der Waals surface area (Å²) in [4.78, 5) is 10.6. The molecule has 0 aromatic carbocycles. The van der Waals surface area contributed by atoms with Crippen molar-refractivity contribution in [3.8, 4) is 0 Å². The van der Waals surface area contributed by atoms with Crippen LogP contribution < -0.4 is 5.73 Å². The molecule has 6 heteroatoms. The predicted molar refractivity (Wildman–Crippen MR) is 36.4 cm³/mol. The average Bonchev–Trinajstić information content (AvgIpc) is 1.92. The van der Waals surface area contributed by atoms with Crippen molar-refractivity contribution >= 4 is 14.3 Å². The Labute approximate surface area is 60.4 Å². The van der Waals surface area contributed by atoms with Crippen molar-refractivity contribution < 1.29 is 18.1 Å². The molecule has 10 heavy (non-hydrogen) atoms. The van der Waals surface area contributed by atoms with Gasteiger partial charge in [0.15, 0.2) is 0 Å². The van der Waals surface area contributed by atoms with Crippen molar-refractivity contribution in [1.29, 1.82) is 0 Å². The molecule has 0 saturated carbocycles. The molecular weight excluding hydrogens is 154 g/mol. The highest BCUT2D eigenvalue weighted by molar-refractivity contribution is 6.91. The molecule has 0 aromatic heterocycles. The minimum Gasteiger partial charge on any atom is -0.371 e. The highest BCUT2D eigenvalue weighted by Gasteiger charge is 2.46. The third-order valence-corrected chi connectivity index (χ3v) is 3.32. The summed E-state index contributed by atoms with van der Waals surface area (Å²) in [6, 6.07) is 0. The molecule has 0 aromatic rings. The van der Waals surface area contributed by atoms with E-state index in [0.717, 1.165) is 0 Å². The van der Waals surface area contributed by atoms with Crippen LogP contribution in [-0.4, -0.2) is 35.7 Å². The first-order valence-electron chi connectivity index (χ1n) is 2.58. The van der Waals surface area contributed by atoms with Crippen LogP contribution in [0.4, 0.5) is 4.79 Å². The summed E-state index contributed by atoms with van der Waals surface area (Å²) in [6.45, 7) is 0. The fourth-order valence-electron chi connectivity index (χ4n) is 0.552. The summed E-state index contributed by atoms with van der Waals surface area (Å²) in [5.41, 5.74) is 4.27. The Morgan fingerprint density at radius 3 is 1.50 bits per heavy atom. The first-order valence-corrected chi connectivity index (χ1v) is 4.30. The Bertz CT molecular complexity index is 116. The van der Waals surface area contributed by atoms with Crippen LogP contribution in [0, 0.1) is 0 Å². The molecule has 0 bridgehead atoms. The molecule has 60 valence electrons. The maximum atomic E-state index is 10.6. The van der Waals surface area contributed by atoms with Crippen molar-refractivity contribution in [1.82, 2.24) is 0 Å². The van der Waals surface area contributed by atoms with Gasteiger partial charge in [-0.1, -0.05) is 0 Å². The zero-order valence-electron chi connectivity index (χ0n) is 6.21. The quantitative estimate of drug-likeness (QED) is 0.571. The molecule has 0 atom stereocenters. The van der Waals surface area contributed by atoms with E-state index in [-0.39, 0.29) is 0 Å². The molecule has 0 aliphatic rings. The van der Waals surface area contributed by atoms with Gasteiger partial charge >= 0.3 is 8.80 Å². The molecule has 0 spiro atoms. The Hall–Kier alpha value is -0.433. The van der Waals surface area contributed by atoms with E-state index in [2.05, 4.69) is 0 Å². The Morgan fingerprint density at radius 2 is 1.50 bits per heavy atom. The predicted octanol–water partition coefficient (Wildman–Crippen LogP) is -0.475. The van der Waals surface area contributed by atoms with Crippen LogP contribution in [0.3, 0.4) is 0 Å². The lowest BCUT2D eigenvalue weighted by atomic mass is 11.4. The van der Waals surface area contributed by atoms with Gasteiger partial charge in [0.05, 0.1) is 0 Å². The van der Waals surface area contributed by atoms with E-state index in [9.17, 15) is 4.79 Å². The van der Waals surface area contributed by atoms with Crippen molar-refractivity contribution in [3.05, 3.63) is 0 Å². The van der Waals surface area contributed by atoms with Gasteiger partial charge in [-0.15, -0.1) is 0 Å². The van der Waals surface area contributed by atoms with Crippen molar-refractivity contribution in [2.24, 2.45) is 5.73 Å². The Balaban J connectivity index is 4.31. The van der Waals surface area contributed by atoms with Gasteiger partial charge in [0.1, 0.15) is 0 Å². The zero-order valence-corrected chi connectivity index (χ0v) is 7.21. The second kappa shape index (κ2) is 3.67. The van der Waals surface area contributed by atoms with E-state index in [1.54, 1.807) is 0 Å². The number of hydrogen-bond acceptors (Lipinski definition) is 4. The summed E-state index contributed by atoms with van der Waals surface area (Å²) in [5.74, 6) is 0. The molecule has 0 aliphatic heterocycles. The fourth-order valence-corrected chi connectivity index (χ4v) is 1.66. The molecular formula is C4H11NO4Si. The minimum atomic E-state index is -3.16. The van der Waals surface area contributed by atoms with Gasteiger partial charge in [0.2, 0.25) is 0 Å². The molecule has 0 unspecified atom stereocenters. The highest BCUT2D eigenvalue weighted by atomic mass is 28.4. The van der Waals surface area contributed by atoms with E-state index < -0.39 is 14.3 Å². The van der Waals surface area contributed by atoms with Crippen molar-refractivity contribution in [3.63, 3.8) is 0 Å². The Morgan fingerprint density at radius 1 is 1.20 bits per heavy atom. The van der Waals surface area contributed by atoms with E-state index in [4.69, 9.17) is 19.0 Å². The van der Waals surface area contributed by atoms with Crippen LogP contribution in [0.15, 0.2) is 0 Å². The summed E-state index contributed by atoms with van der Waals surface area (Å²) in [5, 5.41) is 0. The maximum absolute atomic E-state index is 10.6.